The van der Waals surface area contributed by atoms with Gasteiger partial charge in [0.1, 0.15) is 11.7 Å². The summed E-state index contributed by atoms with van der Waals surface area (Å²) < 4.78 is 24.7. The van der Waals surface area contributed by atoms with Gasteiger partial charge in [-0.05, 0) is 28.8 Å². The molecule has 1 aliphatic rings. The summed E-state index contributed by atoms with van der Waals surface area (Å²) >= 11 is 1.49. The number of aliphatic hydroxyl groups is 1. The normalized spacial score (nSPS) is 18.5. The van der Waals surface area contributed by atoms with Crippen LogP contribution in [-0.4, -0.2) is 47.1 Å². The quantitative estimate of drug-likeness (QED) is 0.0778. The van der Waals surface area contributed by atoms with E-state index in [-0.39, 0.29) is 31.2 Å². The van der Waals surface area contributed by atoms with E-state index >= 15 is 0 Å². The number of methoxy groups -OCH3 is 1. The van der Waals surface area contributed by atoms with E-state index in [0.717, 1.165) is 39.1 Å². The molecule has 0 radical (unpaired) electrons. The van der Waals surface area contributed by atoms with Crippen molar-refractivity contribution in [1.82, 2.24) is 10.3 Å². The molecule has 56 heavy (non-hydrogen) atoms. The molecule has 1 aliphatic heterocycles. The van der Waals surface area contributed by atoms with E-state index in [1.165, 1.54) is 18.9 Å². The number of nitrogens with zero attached hydrogens (tertiary/aromatic N) is 1. The largest absolute Gasteiger partial charge is 0.467 e. The van der Waals surface area contributed by atoms with Crippen molar-refractivity contribution in [2.24, 2.45) is 5.92 Å². The smallest absolute Gasteiger partial charge is 0.328 e. The summed E-state index contributed by atoms with van der Waals surface area (Å²) in [5.41, 5.74) is 6.65. The average molecular weight is 770 g/mol. The number of benzene rings is 5. The number of thioether (sulfide) groups is 1. The van der Waals surface area contributed by atoms with Gasteiger partial charge in [-0.25, -0.2) is 14.6 Å². The molecule has 2 heterocycles. The topological polar surface area (TPSA) is 132 Å². The van der Waals surface area contributed by atoms with Crippen molar-refractivity contribution in [3.05, 3.63) is 162 Å². The van der Waals surface area contributed by atoms with E-state index < -0.39 is 24.3 Å². The molecule has 3 N–H and O–H groups in total. The van der Waals surface area contributed by atoms with Gasteiger partial charge < -0.3 is 34.4 Å². The molecule has 5 aromatic carbocycles. The fraction of sp³-hybridized carbons (Fsp3) is 0.222. The molecule has 7 rings (SSSR count). The number of hydrogen-bond acceptors (Lipinski definition) is 9. The van der Waals surface area contributed by atoms with Crippen LogP contribution in [0.1, 0.15) is 41.6 Å². The van der Waals surface area contributed by atoms with Crippen LogP contribution in [-0.2, 0) is 32.0 Å². The second-order valence-corrected chi connectivity index (χ2v) is 14.5. The Balaban J connectivity index is 1.08. The van der Waals surface area contributed by atoms with Crippen molar-refractivity contribution in [2.75, 3.05) is 18.2 Å². The number of esters is 1. The van der Waals surface area contributed by atoms with Gasteiger partial charge in [-0.2, -0.15) is 0 Å². The molecular formula is C45H43N3O7S. The predicted molar refractivity (Wildman–Crippen MR) is 216 cm³/mol. The van der Waals surface area contributed by atoms with Crippen LogP contribution in [0, 0.1) is 5.92 Å². The first kappa shape index (κ1) is 38.6. The minimum absolute atomic E-state index is 0.0484. The van der Waals surface area contributed by atoms with Crippen molar-refractivity contribution in [3.63, 3.8) is 0 Å². The van der Waals surface area contributed by atoms with Crippen molar-refractivity contribution >= 4 is 29.4 Å². The number of aliphatic hydroxyl groups excluding tert-OH is 1. The predicted octanol–water partition coefficient (Wildman–Crippen LogP) is 8.99. The minimum atomic E-state index is -0.864. The van der Waals surface area contributed by atoms with Crippen molar-refractivity contribution in [1.29, 1.82) is 0 Å². The number of hydrogen-bond donors (Lipinski definition) is 3. The van der Waals surface area contributed by atoms with Crippen LogP contribution in [0.2, 0.25) is 0 Å². The Bertz CT molecular complexity index is 2130. The van der Waals surface area contributed by atoms with Crippen molar-refractivity contribution in [3.8, 4) is 22.6 Å². The zero-order chi connectivity index (χ0) is 38.9. The Morgan fingerprint density at radius 2 is 1.41 bits per heavy atom. The molecule has 0 aliphatic carbocycles. The van der Waals surface area contributed by atoms with Crippen LogP contribution in [0.5, 0.6) is 0 Å². The molecule has 10 nitrogen and oxygen atoms in total. The van der Waals surface area contributed by atoms with Gasteiger partial charge in [-0.15, -0.1) is 0 Å². The standard InChI is InChI=1S/C45H43N3O7S/c1-29-38(28-56-45-48-39(32-14-8-4-9-15-32)41(55-45)33-16-10-5-11-17-33)53-43(54-40(29)34-20-18-31(27-49)19-21-34)35-22-24-36(25-23-35)46-44(51)47-37(42(50)52-2)26-30-12-6-3-7-13-30/h3-25,29,37-38,40,43,49H,26-28H2,1-2H3,(H2,46,47,51)/t29-,37-,38+,40+,43+/m0/s1. The average Bonchev–Trinajstić information content (AvgIpc) is 3.68. The Hall–Kier alpha value is -5.72. The first-order valence-corrected chi connectivity index (χ1v) is 19.4. The third kappa shape index (κ3) is 9.38. The lowest BCUT2D eigenvalue weighted by molar-refractivity contribution is -0.268. The number of carbonyl (C=O) groups excluding carboxylic acids is 2. The van der Waals surface area contributed by atoms with Crippen molar-refractivity contribution in [2.45, 2.75) is 49.7 Å². The Morgan fingerprint density at radius 3 is 2.05 bits per heavy atom. The highest BCUT2D eigenvalue weighted by Crippen LogP contribution is 2.44. The van der Waals surface area contributed by atoms with Crippen LogP contribution in [0.25, 0.3) is 22.6 Å². The molecule has 5 atom stereocenters. The highest BCUT2D eigenvalue weighted by molar-refractivity contribution is 7.99. The molecule has 0 unspecified atom stereocenters. The van der Waals surface area contributed by atoms with Gasteiger partial charge in [0.15, 0.2) is 12.1 Å². The lowest BCUT2D eigenvalue weighted by Gasteiger charge is -2.41. The lowest BCUT2D eigenvalue weighted by atomic mass is 9.91. The summed E-state index contributed by atoms with van der Waals surface area (Å²) in [6.07, 6.45) is -1.02. The Labute approximate surface area is 330 Å². The second-order valence-electron chi connectivity index (χ2n) is 13.5. The third-order valence-electron chi connectivity index (χ3n) is 9.70. The number of anilines is 1. The highest BCUT2D eigenvalue weighted by atomic mass is 32.2. The number of urea groups is 1. The fourth-order valence-electron chi connectivity index (χ4n) is 6.64. The number of aromatic nitrogens is 1. The molecule has 1 saturated heterocycles. The van der Waals surface area contributed by atoms with Gasteiger partial charge in [-0.1, -0.05) is 146 Å². The van der Waals surface area contributed by atoms with Crippen LogP contribution >= 0.6 is 11.8 Å². The summed E-state index contributed by atoms with van der Waals surface area (Å²) in [5, 5.41) is 15.8. The number of nitrogens with one attached hydrogen (secondary N) is 2. The van der Waals surface area contributed by atoms with Gasteiger partial charge in [0.05, 0.1) is 25.9 Å². The van der Waals surface area contributed by atoms with Gasteiger partial charge in [0, 0.05) is 40.5 Å². The summed E-state index contributed by atoms with van der Waals surface area (Å²) in [6, 6.07) is 43.0. The molecule has 0 bridgehead atoms. The second kappa shape index (κ2) is 18.3. The molecule has 6 aromatic rings. The third-order valence-corrected chi connectivity index (χ3v) is 10.6. The number of amides is 2. The molecular weight excluding hydrogens is 727 g/mol. The van der Waals surface area contributed by atoms with Crippen LogP contribution < -0.4 is 10.6 Å². The number of rotatable bonds is 13. The maximum absolute atomic E-state index is 13.0. The van der Waals surface area contributed by atoms with E-state index in [2.05, 4.69) is 17.6 Å². The molecule has 0 spiro atoms. The molecule has 286 valence electrons. The van der Waals surface area contributed by atoms with Crippen LogP contribution in [0.15, 0.2) is 149 Å². The molecule has 1 aromatic heterocycles. The number of carbonyl (C=O) groups is 2. The zero-order valence-corrected chi connectivity index (χ0v) is 31.9. The summed E-state index contributed by atoms with van der Waals surface area (Å²) in [7, 11) is 1.30. The number of ether oxygens (including phenoxy) is 3. The van der Waals surface area contributed by atoms with E-state index in [1.807, 2.05) is 127 Å². The maximum atomic E-state index is 13.0. The molecule has 0 saturated carbocycles. The monoisotopic (exact) mass is 769 g/mol. The maximum Gasteiger partial charge on any atom is 0.328 e. The SMILES string of the molecule is COC(=O)[C@H](Cc1ccccc1)NC(=O)Nc1ccc([C@@H]2O[C@H](CSc3nc(-c4ccccc4)c(-c4ccccc4)o3)[C@H](C)[C@H](c3ccc(CO)cc3)O2)cc1. The van der Waals surface area contributed by atoms with E-state index in [4.69, 9.17) is 23.6 Å². The summed E-state index contributed by atoms with van der Waals surface area (Å²) in [6.45, 7) is 2.06. The van der Waals surface area contributed by atoms with E-state index in [9.17, 15) is 14.7 Å². The van der Waals surface area contributed by atoms with Crippen molar-refractivity contribution < 1.29 is 33.3 Å². The first-order valence-electron chi connectivity index (χ1n) is 18.4. The van der Waals surface area contributed by atoms with Gasteiger partial charge in [0.25, 0.3) is 5.22 Å². The minimum Gasteiger partial charge on any atom is -0.467 e. The number of oxazole rings is 1. The van der Waals surface area contributed by atoms with Gasteiger partial charge in [-0.3, -0.25) is 0 Å². The van der Waals surface area contributed by atoms with Gasteiger partial charge in [0.2, 0.25) is 0 Å². The first-order chi connectivity index (χ1) is 27.4. The molecule has 1 fully saturated rings. The van der Waals surface area contributed by atoms with Crippen LogP contribution in [0.4, 0.5) is 10.5 Å². The Morgan fingerprint density at radius 1 is 0.786 bits per heavy atom. The van der Waals surface area contributed by atoms with E-state index in [1.54, 1.807) is 12.1 Å². The lowest BCUT2D eigenvalue weighted by Crippen LogP contribution is -2.45. The zero-order valence-electron chi connectivity index (χ0n) is 31.0. The van der Waals surface area contributed by atoms with Crippen LogP contribution in [0.3, 0.4) is 0 Å². The molecule has 11 heteroatoms. The fourth-order valence-corrected chi connectivity index (χ4v) is 7.62. The van der Waals surface area contributed by atoms with E-state index in [0.29, 0.717) is 22.4 Å². The summed E-state index contributed by atoms with van der Waals surface area (Å²) in [4.78, 5) is 30.4. The summed E-state index contributed by atoms with van der Waals surface area (Å²) in [5.74, 6) is 0.655. The van der Waals surface area contributed by atoms with Gasteiger partial charge >= 0.3 is 12.0 Å². The highest BCUT2D eigenvalue weighted by Gasteiger charge is 2.39. The molecule has 2 amide bonds. The Kier molecular flexibility index (Phi) is 12.6.